The summed E-state index contributed by atoms with van der Waals surface area (Å²) in [6, 6.07) is 5.66. The maximum Gasteiger partial charge on any atom is 0.138 e. The van der Waals surface area contributed by atoms with E-state index in [1.807, 2.05) is 32.0 Å². The van der Waals surface area contributed by atoms with E-state index in [2.05, 4.69) is 9.97 Å². The molecular formula is C14H15ClN2OS. The molecule has 0 aliphatic carbocycles. The first-order chi connectivity index (χ1) is 9.06. The van der Waals surface area contributed by atoms with E-state index in [9.17, 15) is 0 Å². The maximum absolute atomic E-state index is 6.05. The molecule has 0 spiro atoms. The average molecular weight is 295 g/mol. The molecule has 1 aromatic heterocycles. The third-order valence-corrected chi connectivity index (χ3v) is 3.69. The van der Waals surface area contributed by atoms with Gasteiger partial charge in [-0.2, -0.15) is 0 Å². The van der Waals surface area contributed by atoms with Gasteiger partial charge in [-0.15, -0.1) is 0 Å². The number of aryl methyl sites for hydroxylation is 1. The van der Waals surface area contributed by atoms with Crippen molar-refractivity contribution in [1.29, 1.82) is 0 Å². The Balaban J connectivity index is 2.64. The Labute approximate surface area is 122 Å². The minimum Gasteiger partial charge on any atom is -0.495 e. The molecule has 19 heavy (non-hydrogen) atoms. The molecular weight excluding hydrogens is 280 g/mol. The quantitative estimate of drug-likeness (QED) is 0.856. The number of aromatic nitrogens is 2. The molecule has 0 atom stereocenters. The standard InChI is InChI=1S/C14H15ClN2OS/c1-4-12-16-13(8(2)14(19)17-12)9-5-6-10(15)11(7-9)18-3/h5-7H,4H2,1-3H3,(H,16,17,19). The van der Waals surface area contributed by atoms with Crippen molar-refractivity contribution in [1.82, 2.24) is 9.97 Å². The summed E-state index contributed by atoms with van der Waals surface area (Å²) >= 11 is 11.3. The van der Waals surface area contributed by atoms with Gasteiger partial charge in [0.15, 0.2) is 0 Å². The van der Waals surface area contributed by atoms with Crippen LogP contribution in [-0.4, -0.2) is 17.1 Å². The van der Waals surface area contributed by atoms with Crippen LogP contribution in [-0.2, 0) is 6.42 Å². The van der Waals surface area contributed by atoms with Gasteiger partial charge in [0.25, 0.3) is 0 Å². The van der Waals surface area contributed by atoms with Gasteiger partial charge in [-0.25, -0.2) is 4.98 Å². The van der Waals surface area contributed by atoms with Crippen molar-refractivity contribution in [2.75, 3.05) is 7.11 Å². The average Bonchev–Trinajstić information content (AvgIpc) is 2.42. The Morgan fingerprint density at radius 1 is 1.42 bits per heavy atom. The topological polar surface area (TPSA) is 37.9 Å². The van der Waals surface area contributed by atoms with Crippen molar-refractivity contribution in [3.63, 3.8) is 0 Å². The number of H-pyrrole nitrogens is 1. The van der Waals surface area contributed by atoms with Gasteiger partial charge in [-0.3, -0.25) is 0 Å². The smallest absolute Gasteiger partial charge is 0.138 e. The van der Waals surface area contributed by atoms with Crippen LogP contribution in [0.3, 0.4) is 0 Å². The van der Waals surface area contributed by atoms with Gasteiger partial charge in [-0.1, -0.05) is 36.8 Å². The number of aromatic amines is 1. The van der Waals surface area contributed by atoms with Crippen LogP contribution in [0.5, 0.6) is 5.75 Å². The zero-order chi connectivity index (χ0) is 14.0. The van der Waals surface area contributed by atoms with E-state index in [1.54, 1.807) is 7.11 Å². The monoisotopic (exact) mass is 294 g/mol. The predicted octanol–water partition coefficient (Wildman–Crippen LogP) is 4.34. The number of hydrogen-bond donors (Lipinski definition) is 1. The van der Waals surface area contributed by atoms with E-state index in [0.29, 0.717) is 15.4 Å². The molecule has 1 aromatic carbocycles. The van der Waals surface area contributed by atoms with E-state index >= 15 is 0 Å². The number of rotatable bonds is 3. The summed E-state index contributed by atoms with van der Waals surface area (Å²) in [6.07, 6.45) is 0.807. The lowest BCUT2D eigenvalue weighted by molar-refractivity contribution is 0.415. The first kappa shape index (κ1) is 14.0. The number of benzene rings is 1. The zero-order valence-corrected chi connectivity index (χ0v) is 12.7. The molecule has 0 amide bonds. The lowest BCUT2D eigenvalue weighted by Gasteiger charge is -2.11. The van der Waals surface area contributed by atoms with Gasteiger partial charge in [0.2, 0.25) is 0 Å². The Hall–Kier alpha value is -1.39. The highest BCUT2D eigenvalue weighted by atomic mass is 35.5. The van der Waals surface area contributed by atoms with Crippen LogP contribution in [0.1, 0.15) is 18.3 Å². The molecule has 0 unspecified atom stereocenters. The van der Waals surface area contributed by atoms with Gasteiger partial charge in [-0.05, 0) is 19.1 Å². The Bertz CT molecular complexity index is 667. The molecule has 5 heteroatoms. The molecule has 0 saturated carbocycles. The number of methoxy groups -OCH3 is 1. The molecule has 0 aliphatic rings. The van der Waals surface area contributed by atoms with Crippen LogP contribution in [0.25, 0.3) is 11.3 Å². The molecule has 1 heterocycles. The highest BCUT2D eigenvalue weighted by Crippen LogP contribution is 2.31. The highest BCUT2D eigenvalue weighted by molar-refractivity contribution is 7.71. The van der Waals surface area contributed by atoms with Crippen LogP contribution in [0.2, 0.25) is 5.02 Å². The highest BCUT2D eigenvalue weighted by Gasteiger charge is 2.09. The second-order valence-electron chi connectivity index (χ2n) is 4.19. The van der Waals surface area contributed by atoms with Crippen LogP contribution >= 0.6 is 23.8 Å². The summed E-state index contributed by atoms with van der Waals surface area (Å²) in [5, 5.41) is 0.590. The second kappa shape index (κ2) is 5.72. The zero-order valence-electron chi connectivity index (χ0n) is 11.1. The lowest BCUT2D eigenvalue weighted by Crippen LogP contribution is -1.99. The fourth-order valence-corrected chi connectivity index (χ4v) is 2.26. The normalized spacial score (nSPS) is 10.5. The van der Waals surface area contributed by atoms with E-state index in [-0.39, 0.29) is 0 Å². The van der Waals surface area contributed by atoms with Crippen LogP contribution in [0, 0.1) is 11.6 Å². The summed E-state index contributed by atoms with van der Waals surface area (Å²) in [5.41, 5.74) is 2.91. The van der Waals surface area contributed by atoms with Gasteiger partial charge >= 0.3 is 0 Å². The van der Waals surface area contributed by atoms with Crippen LogP contribution in [0.15, 0.2) is 18.2 Å². The van der Waals surface area contributed by atoms with Crippen molar-refractivity contribution in [2.24, 2.45) is 0 Å². The summed E-state index contributed by atoms with van der Waals surface area (Å²) < 4.78 is 5.87. The lowest BCUT2D eigenvalue weighted by atomic mass is 10.1. The summed E-state index contributed by atoms with van der Waals surface area (Å²) in [5.74, 6) is 1.52. The molecule has 0 bridgehead atoms. The molecule has 3 nitrogen and oxygen atoms in total. The van der Waals surface area contributed by atoms with Gasteiger partial charge < -0.3 is 9.72 Å². The maximum atomic E-state index is 6.05. The first-order valence-electron chi connectivity index (χ1n) is 6.00. The third-order valence-electron chi connectivity index (χ3n) is 2.98. The number of hydrogen-bond acceptors (Lipinski definition) is 3. The largest absolute Gasteiger partial charge is 0.495 e. The molecule has 0 radical (unpaired) electrons. The Kier molecular flexibility index (Phi) is 4.22. The summed E-state index contributed by atoms with van der Waals surface area (Å²) in [4.78, 5) is 7.65. The Morgan fingerprint density at radius 3 is 2.79 bits per heavy atom. The number of nitrogens with zero attached hydrogens (tertiary/aromatic N) is 1. The molecule has 2 aromatic rings. The number of ether oxygens (including phenoxy) is 1. The van der Waals surface area contributed by atoms with Gasteiger partial charge in [0, 0.05) is 17.5 Å². The minimum absolute atomic E-state index is 0.590. The van der Waals surface area contributed by atoms with Crippen molar-refractivity contribution >= 4 is 23.8 Å². The molecule has 0 aliphatic heterocycles. The molecule has 2 rings (SSSR count). The fourth-order valence-electron chi connectivity index (χ4n) is 1.85. The van der Waals surface area contributed by atoms with E-state index in [0.717, 1.165) is 29.1 Å². The Morgan fingerprint density at radius 2 is 2.16 bits per heavy atom. The number of nitrogens with one attached hydrogen (secondary N) is 1. The predicted molar refractivity (Wildman–Crippen MR) is 80.5 cm³/mol. The molecule has 100 valence electrons. The van der Waals surface area contributed by atoms with Crippen molar-refractivity contribution in [3.8, 4) is 17.0 Å². The van der Waals surface area contributed by atoms with Crippen molar-refractivity contribution in [3.05, 3.63) is 39.3 Å². The van der Waals surface area contributed by atoms with E-state index in [4.69, 9.17) is 28.6 Å². The fraction of sp³-hybridized carbons (Fsp3) is 0.286. The van der Waals surface area contributed by atoms with Crippen LogP contribution in [0.4, 0.5) is 0 Å². The van der Waals surface area contributed by atoms with Crippen molar-refractivity contribution in [2.45, 2.75) is 20.3 Å². The second-order valence-corrected chi connectivity index (χ2v) is 4.99. The van der Waals surface area contributed by atoms with Gasteiger partial charge in [0.1, 0.15) is 16.2 Å². The van der Waals surface area contributed by atoms with Gasteiger partial charge in [0.05, 0.1) is 17.8 Å². The van der Waals surface area contributed by atoms with Crippen LogP contribution < -0.4 is 4.74 Å². The molecule has 1 N–H and O–H groups in total. The minimum atomic E-state index is 0.590. The molecule has 0 saturated heterocycles. The molecule has 0 fully saturated rings. The van der Waals surface area contributed by atoms with E-state index in [1.165, 1.54) is 0 Å². The SMILES string of the molecule is CCc1nc(=S)c(C)c(-c2ccc(Cl)c(OC)c2)[nH]1. The van der Waals surface area contributed by atoms with E-state index < -0.39 is 0 Å². The third kappa shape index (κ3) is 2.80. The summed E-state index contributed by atoms with van der Waals surface area (Å²) in [6.45, 7) is 4.00. The summed E-state index contributed by atoms with van der Waals surface area (Å²) in [7, 11) is 1.60. The first-order valence-corrected chi connectivity index (χ1v) is 6.79. The number of halogens is 1. The van der Waals surface area contributed by atoms with Crippen molar-refractivity contribution < 1.29 is 4.74 Å².